The summed E-state index contributed by atoms with van der Waals surface area (Å²) in [6.07, 6.45) is 0. The van der Waals surface area contributed by atoms with E-state index < -0.39 is 0 Å². The molecule has 2 aliphatic rings. The van der Waals surface area contributed by atoms with E-state index in [1.54, 1.807) is 0 Å². The summed E-state index contributed by atoms with van der Waals surface area (Å²) in [5.74, 6) is 0. The Hall–Kier alpha value is -5.22. The summed E-state index contributed by atoms with van der Waals surface area (Å²) in [5.41, 5.74) is 13.6. The standard InChI is InChI=1S/C36H24BN3/c1-3-12-24(13-4-1)39-32-19-10-8-17-28(32)37-29-23-31-27(26-16-7-9-18-30(26)38-31)22-35(29)40(25-14-5-2-6-15-25)34-21-11-20-33(39)36(34)37/h1-23,38H. The SMILES string of the molecule is c1ccc(N2c3ccccc3B3c4cc5[nH]c6ccccc6c5cc4N(c4ccccc4)c4cccc2c43)cc1. The molecule has 0 atom stereocenters. The van der Waals surface area contributed by atoms with Gasteiger partial charge in [0, 0.05) is 55.9 Å². The fourth-order valence-electron chi connectivity index (χ4n) is 6.94. The quantitative estimate of drug-likeness (QED) is 0.245. The molecule has 9 rings (SSSR count). The van der Waals surface area contributed by atoms with Gasteiger partial charge in [-0.25, -0.2) is 0 Å². The van der Waals surface area contributed by atoms with E-state index in [1.807, 2.05) is 0 Å². The molecule has 6 aromatic carbocycles. The van der Waals surface area contributed by atoms with E-state index in [4.69, 9.17) is 0 Å². The molecule has 4 heteroatoms. The number of fused-ring (bicyclic) bond motifs is 7. The predicted molar refractivity (Wildman–Crippen MR) is 170 cm³/mol. The highest BCUT2D eigenvalue weighted by Crippen LogP contribution is 2.44. The van der Waals surface area contributed by atoms with Gasteiger partial charge in [0.05, 0.1) is 0 Å². The van der Waals surface area contributed by atoms with Crippen molar-refractivity contribution in [2.24, 2.45) is 0 Å². The van der Waals surface area contributed by atoms with Crippen LogP contribution in [0.5, 0.6) is 0 Å². The van der Waals surface area contributed by atoms with Gasteiger partial charge in [-0.2, -0.15) is 0 Å². The Morgan fingerprint density at radius 2 is 1.02 bits per heavy atom. The average molecular weight is 509 g/mol. The zero-order chi connectivity index (χ0) is 26.2. The van der Waals surface area contributed by atoms with Gasteiger partial charge in [0.15, 0.2) is 0 Å². The molecule has 0 spiro atoms. The third kappa shape index (κ3) is 2.90. The molecule has 40 heavy (non-hydrogen) atoms. The van der Waals surface area contributed by atoms with E-state index >= 15 is 0 Å². The summed E-state index contributed by atoms with van der Waals surface area (Å²) in [6.45, 7) is 0.119. The molecule has 0 radical (unpaired) electrons. The van der Waals surface area contributed by atoms with Crippen LogP contribution < -0.4 is 26.2 Å². The molecule has 0 amide bonds. The molecule has 2 aliphatic heterocycles. The van der Waals surface area contributed by atoms with Crippen LogP contribution in [-0.4, -0.2) is 11.7 Å². The van der Waals surface area contributed by atoms with Gasteiger partial charge < -0.3 is 14.8 Å². The van der Waals surface area contributed by atoms with Gasteiger partial charge in [0.25, 0.3) is 6.71 Å². The number of hydrogen-bond donors (Lipinski definition) is 1. The summed E-state index contributed by atoms with van der Waals surface area (Å²) < 4.78 is 0. The molecule has 186 valence electrons. The molecule has 0 unspecified atom stereocenters. The van der Waals surface area contributed by atoms with Crippen molar-refractivity contribution in [3.8, 4) is 0 Å². The van der Waals surface area contributed by atoms with Crippen molar-refractivity contribution in [3.63, 3.8) is 0 Å². The van der Waals surface area contributed by atoms with Gasteiger partial charge in [-0.1, -0.05) is 78.9 Å². The molecule has 0 fully saturated rings. The minimum atomic E-state index is 0.119. The molecule has 7 aromatic rings. The zero-order valence-electron chi connectivity index (χ0n) is 21.8. The van der Waals surface area contributed by atoms with Gasteiger partial charge >= 0.3 is 0 Å². The summed E-state index contributed by atoms with van der Waals surface area (Å²) in [7, 11) is 0. The predicted octanol–water partition coefficient (Wildman–Crippen LogP) is 7.40. The minimum absolute atomic E-state index is 0.119. The van der Waals surface area contributed by atoms with Crippen LogP contribution in [0.3, 0.4) is 0 Å². The number of para-hydroxylation sites is 4. The van der Waals surface area contributed by atoms with Crippen molar-refractivity contribution in [2.75, 3.05) is 9.80 Å². The Kier molecular flexibility index (Phi) is 4.41. The van der Waals surface area contributed by atoms with Crippen LogP contribution >= 0.6 is 0 Å². The number of H-pyrrole nitrogens is 1. The molecule has 0 saturated carbocycles. The summed E-state index contributed by atoms with van der Waals surface area (Å²) in [4.78, 5) is 8.61. The third-order valence-corrected chi connectivity index (χ3v) is 8.55. The van der Waals surface area contributed by atoms with Crippen molar-refractivity contribution >= 4 is 79.0 Å². The molecule has 1 aromatic heterocycles. The van der Waals surface area contributed by atoms with Crippen molar-refractivity contribution in [3.05, 3.63) is 140 Å². The maximum absolute atomic E-state index is 3.71. The molecule has 1 N–H and O–H groups in total. The second-order valence-corrected chi connectivity index (χ2v) is 10.7. The Bertz CT molecular complexity index is 2080. The number of anilines is 6. The van der Waals surface area contributed by atoms with E-state index in [0.717, 1.165) is 0 Å². The Balaban J connectivity index is 1.41. The lowest BCUT2D eigenvalue weighted by Gasteiger charge is -2.44. The number of aromatic nitrogens is 1. The fourth-order valence-corrected chi connectivity index (χ4v) is 6.94. The van der Waals surface area contributed by atoms with Crippen molar-refractivity contribution in [2.45, 2.75) is 0 Å². The molecule has 0 bridgehead atoms. The number of benzene rings is 6. The van der Waals surface area contributed by atoms with Crippen LogP contribution in [-0.2, 0) is 0 Å². The molecule has 3 nitrogen and oxygen atoms in total. The van der Waals surface area contributed by atoms with Gasteiger partial charge in [-0.3, -0.25) is 0 Å². The first-order chi connectivity index (χ1) is 19.9. The van der Waals surface area contributed by atoms with Gasteiger partial charge in [-0.05, 0) is 77.1 Å². The van der Waals surface area contributed by atoms with E-state index in [2.05, 4.69) is 154 Å². The monoisotopic (exact) mass is 509 g/mol. The number of hydrogen-bond acceptors (Lipinski definition) is 2. The maximum Gasteiger partial charge on any atom is 0.252 e. The second-order valence-electron chi connectivity index (χ2n) is 10.7. The van der Waals surface area contributed by atoms with E-state index in [-0.39, 0.29) is 6.71 Å². The zero-order valence-corrected chi connectivity index (χ0v) is 21.8. The fraction of sp³-hybridized carbons (Fsp3) is 0. The van der Waals surface area contributed by atoms with Crippen LogP contribution in [0.15, 0.2) is 140 Å². The topological polar surface area (TPSA) is 22.3 Å². The average Bonchev–Trinajstić information content (AvgIpc) is 3.38. The number of nitrogens with zero attached hydrogens (tertiary/aromatic N) is 2. The Morgan fingerprint density at radius 1 is 0.425 bits per heavy atom. The molecule has 0 aliphatic carbocycles. The smallest absolute Gasteiger partial charge is 0.252 e. The van der Waals surface area contributed by atoms with E-state index in [1.165, 1.54) is 72.3 Å². The first-order valence-electron chi connectivity index (χ1n) is 13.8. The van der Waals surface area contributed by atoms with Crippen molar-refractivity contribution in [1.82, 2.24) is 4.98 Å². The third-order valence-electron chi connectivity index (χ3n) is 8.55. The highest BCUT2D eigenvalue weighted by atomic mass is 15.2. The molecule has 3 heterocycles. The highest BCUT2D eigenvalue weighted by molar-refractivity contribution is 7.00. The first kappa shape index (κ1) is 21.7. The van der Waals surface area contributed by atoms with Crippen molar-refractivity contribution < 1.29 is 0 Å². The van der Waals surface area contributed by atoms with Crippen LogP contribution in [0.4, 0.5) is 34.1 Å². The first-order valence-corrected chi connectivity index (χ1v) is 13.8. The largest absolute Gasteiger partial charge is 0.355 e. The Morgan fingerprint density at radius 3 is 1.77 bits per heavy atom. The number of nitrogens with one attached hydrogen (secondary N) is 1. The van der Waals surface area contributed by atoms with Crippen LogP contribution in [0.2, 0.25) is 0 Å². The van der Waals surface area contributed by atoms with Crippen LogP contribution in [0.1, 0.15) is 0 Å². The molecule has 0 saturated heterocycles. The Labute approximate surface area is 233 Å². The minimum Gasteiger partial charge on any atom is -0.355 e. The van der Waals surface area contributed by atoms with Crippen LogP contribution in [0, 0.1) is 0 Å². The summed E-state index contributed by atoms with van der Waals surface area (Å²) in [6, 6.07) is 50.6. The summed E-state index contributed by atoms with van der Waals surface area (Å²) in [5, 5.41) is 2.51. The van der Waals surface area contributed by atoms with Crippen molar-refractivity contribution in [1.29, 1.82) is 0 Å². The second kappa shape index (κ2) is 8.14. The van der Waals surface area contributed by atoms with Gasteiger partial charge in [0.2, 0.25) is 0 Å². The van der Waals surface area contributed by atoms with Gasteiger partial charge in [0.1, 0.15) is 0 Å². The lowest BCUT2D eigenvalue weighted by Crippen LogP contribution is -2.61. The van der Waals surface area contributed by atoms with Crippen LogP contribution in [0.25, 0.3) is 21.8 Å². The molecular formula is C36H24BN3. The highest BCUT2D eigenvalue weighted by Gasteiger charge is 2.43. The lowest BCUT2D eigenvalue weighted by molar-refractivity contribution is 1.26. The molecular weight excluding hydrogens is 485 g/mol. The summed E-state index contributed by atoms with van der Waals surface area (Å²) >= 11 is 0. The maximum atomic E-state index is 3.71. The van der Waals surface area contributed by atoms with E-state index in [0.29, 0.717) is 0 Å². The lowest BCUT2D eigenvalue weighted by atomic mass is 9.33. The number of rotatable bonds is 2. The van der Waals surface area contributed by atoms with E-state index in [9.17, 15) is 0 Å². The van der Waals surface area contributed by atoms with Gasteiger partial charge in [-0.15, -0.1) is 0 Å². The normalized spacial score (nSPS) is 13.3. The number of aromatic amines is 1.